The molecule has 2 heterocycles. The third kappa shape index (κ3) is 2.52. The summed E-state index contributed by atoms with van der Waals surface area (Å²) in [5.74, 6) is 0.438. The first-order valence-electron chi connectivity index (χ1n) is 10.3. The van der Waals surface area contributed by atoms with E-state index < -0.39 is 0 Å². The summed E-state index contributed by atoms with van der Waals surface area (Å²) in [7, 11) is -0.223. The predicted molar refractivity (Wildman–Crippen MR) is 105 cm³/mol. The lowest BCUT2D eigenvalue weighted by molar-refractivity contribution is -0.108. The second-order valence-electron chi connectivity index (χ2n) is 9.53. The van der Waals surface area contributed by atoms with Crippen LogP contribution >= 0.6 is 0 Å². The number of ether oxygens (including phenoxy) is 1. The molecule has 1 aromatic rings. The number of benzene rings is 1. The maximum absolute atomic E-state index is 6.68. The van der Waals surface area contributed by atoms with Gasteiger partial charge < -0.3 is 14.0 Å². The largest absolute Gasteiger partial charge is 0.469 e. The number of rotatable bonds is 2. The SMILES string of the molecule is CC[C@@H]1O[C@H](C)C[C@]2(B3OC(C)(C)C(C)(C)O3)c3ccccc3CC[C@@H]12. The van der Waals surface area contributed by atoms with E-state index in [9.17, 15) is 0 Å². The molecule has 4 rings (SSSR count). The van der Waals surface area contributed by atoms with Crippen molar-refractivity contribution in [3.05, 3.63) is 35.4 Å². The van der Waals surface area contributed by atoms with Gasteiger partial charge in [-0.25, -0.2) is 0 Å². The Kier molecular flexibility index (Phi) is 4.34. The smallest absolute Gasteiger partial charge is 0.403 e. The summed E-state index contributed by atoms with van der Waals surface area (Å²) >= 11 is 0. The van der Waals surface area contributed by atoms with Crippen LogP contribution in [0.4, 0.5) is 0 Å². The van der Waals surface area contributed by atoms with Gasteiger partial charge in [-0.3, -0.25) is 0 Å². The van der Waals surface area contributed by atoms with Gasteiger partial charge in [0.1, 0.15) is 0 Å². The van der Waals surface area contributed by atoms with Gasteiger partial charge in [-0.15, -0.1) is 0 Å². The van der Waals surface area contributed by atoms with Crippen LogP contribution in [0.1, 0.15) is 71.9 Å². The van der Waals surface area contributed by atoms with Crippen molar-refractivity contribution in [2.45, 2.75) is 96.0 Å². The fourth-order valence-electron chi connectivity index (χ4n) is 5.49. The molecule has 26 heavy (non-hydrogen) atoms. The average Bonchev–Trinajstić information content (AvgIpc) is 2.81. The average molecular weight is 356 g/mol. The summed E-state index contributed by atoms with van der Waals surface area (Å²) < 4.78 is 19.8. The minimum atomic E-state index is -0.313. The first-order valence-corrected chi connectivity index (χ1v) is 10.3. The van der Waals surface area contributed by atoms with Crippen LogP contribution in [-0.4, -0.2) is 30.5 Å². The molecule has 1 aromatic carbocycles. The molecule has 0 spiro atoms. The van der Waals surface area contributed by atoms with Crippen molar-refractivity contribution < 1.29 is 14.0 Å². The molecule has 1 aliphatic carbocycles. The van der Waals surface area contributed by atoms with E-state index in [4.69, 9.17) is 14.0 Å². The van der Waals surface area contributed by atoms with Crippen molar-refractivity contribution in [2.75, 3.05) is 0 Å². The molecule has 2 saturated heterocycles. The summed E-state index contributed by atoms with van der Waals surface area (Å²) in [6.45, 7) is 13.1. The number of fused-ring (bicyclic) bond motifs is 3. The molecular formula is C22H33BO3. The van der Waals surface area contributed by atoms with Crippen LogP contribution in [0.2, 0.25) is 0 Å². The van der Waals surface area contributed by atoms with Gasteiger partial charge in [0.25, 0.3) is 0 Å². The summed E-state index contributed by atoms with van der Waals surface area (Å²) in [5.41, 5.74) is 2.27. The van der Waals surface area contributed by atoms with Gasteiger partial charge in [0.2, 0.25) is 0 Å². The highest BCUT2D eigenvalue weighted by atomic mass is 16.7. The van der Waals surface area contributed by atoms with Crippen molar-refractivity contribution >= 4 is 7.12 Å². The summed E-state index contributed by atoms with van der Waals surface area (Å²) in [6.07, 6.45) is 4.75. The lowest BCUT2D eigenvalue weighted by Crippen LogP contribution is -2.61. The van der Waals surface area contributed by atoms with Crippen LogP contribution in [-0.2, 0) is 25.8 Å². The Morgan fingerprint density at radius 1 is 1.08 bits per heavy atom. The molecule has 0 bridgehead atoms. The van der Waals surface area contributed by atoms with E-state index >= 15 is 0 Å². The summed E-state index contributed by atoms with van der Waals surface area (Å²) in [5, 5.41) is -0.127. The minimum Gasteiger partial charge on any atom is -0.403 e. The lowest BCUT2D eigenvalue weighted by atomic mass is 9.41. The fraction of sp³-hybridized carbons (Fsp3) is 0.727. The van der Waals surface area contributed by atoms with E-state index in [0.29, 0.717) is 5.92 Å². The summed E-state index contributed by atoms with van der Waals surface area (Å²) in [4.78, 5) is 0. The van der Waals surface area contributed by atoms with E-state index in [1.165, 1.54) is 11.1 Å². The van der Waals surface area contributed by atoms with Crippen LogP contribution in [0.5, 0.6) is 0 Å². The Bertz CT molecular complexity index is 670. The van der Waals surface area contributed by atoms with Crippen molar-refractivity contribution in [3.8, 4) is 0 Å². The third-order valence-electron chi connectivity index (χ3n) is 7.46. The molecule has 3 nitrogen and oxygen atoms in total. The van der Waals surface area contributed by atoms with Crippen molar-refractivity contribution in [1.29, 1.82) is 0 Å². The first-order chi connectivity index (χ1) is 12.2. The molecule has 0 saturated carbocycles. The molecular weight excluding hydrogens is 323 g/mol. The van der Waals surface area contributed by atoms with Gasteiger partial charge in [-0.1, -0.05) is 31.2 Å². The Balaban J connectivity index is 1.87. The van der Waals surface area contributed by atoms with Crippen LogP contribution in [0.15, 0.2) is 24.3 Å². The maximum Gasteiger partial charge on any atom is 0.469 e. The lowest BCUT2D eigenvalue weighted by Gasteiger charge is -2.54. The first kappa shape index (κ1) is 18.5. The quantitative estimate of drug-likeness (QED) is 0.719. The van der Waals surface area contributed by atoms with Crippen LogP contribution in [0.25, 0.3) is 0 Å². The minimum absolute atomic E-state index is 0.127. The molecule has 4 atom stereocenters. The highest BCUT2D eigenvalue weighted by Gasteiger charge is 2.66. The molecule has 0 radical (unpaired) electrons. The van der Waals surface area contributed by atoms with E-state index in [1.807, 2.05) is 0 Å². The van der Waals surface area contributed by atoms with Gasteiger partial charge in [-0.2, -0.15) is 0 Å². The van der Waals surface area contributed by atoms with Gasteiger partial charge in [-0.05, 0) is 77.3 Å². The highest BCUT2D eigenvalue weighted by molar-refractivity contribution is 6.50. The third-order valence-corrected chi connectivity index (χ3v) is 7.46. The van der Waals surface area contributed by atoms with Crippen molar-refractivity contribution in [3.63, 3.8) is 0 Å². The molecule has 2 aliphatic heterocycles. The Hall–Kier alpha value is -0.835. The van der Waals surface area contributed by atoms with E-state index in [2.05, 4.69) is 65.8 Å². The monoisotopic (exact) mass is 356 g/mol. The van der Waals surface area contributed by atoms with Gasteiger partial charge in [0, 0.05) is 5.31 Å². The Morgan fingerprint density at radius 3 is 2.38 bits per heavy atom. The fourth-order valence-corrected chi connectivity index (χ4v) is 5.49. The zero-order valence-corrected chi connectivity index (χ0v) is 17.2. The second-order valence-corrected chi connectivity index (χ2v) is 9.53. The molecule has 4 heteroatoms. The van der Waals surface area contributed by atoms with Gasteiger partial charge in [0.05, 0.1) is 23.4 Å². The molecule has 0 amide bonds. The van der Waals surface area contributed by atoms with E-state index in [-0.39, 0.29) is 35.8 Å². The normalized spacial score (nSPS) is 37.9. The van der Waals surface area contributed by atoms with Crippen LogP contribution in [0, 0.1) is 5.92 Å². The molecule has 142 valence electrons. The zero-order chi connectivity index (χ0) is 18.7. The second kappa shape index (κ2) is 6.08. The van der Waals surface area contributed by atoms with Gasteiger partial charge >= 0.3 is 7.12 Å². The molecule has 2 fully saturated rings. The van der Waals surface area contributed by atoms with Crippen molar-refractivity contribution in [1.82, 2.24) is 0 Å². The Morgan fingerprint density at radius 2 is 1.73 bits per heavy atom. The topological polar surface area (TPSA) is 27.7 Å². The van der Waals surface area contributed by atoms with Gasteiger partial charge in [0.15, 0.2) is 0 Å². The molecule has 3 aliphatic rings. The molecule has 0 N–H and O–H groups in total. The summed E-state index contributed by atoms with van der Waals surface area (Å²) in [6, 6.07) is 8.95. The number of hydrogen-bond acceptors (Lipinski definition) is 3. The maximum atomic E-state index is 6.68. The van der Waals surface area contributed by atoms with Crippen molar-refractivity contribution in [2.24, 2.45) is 5.92 Å². The standard InChI is InChI=1S/C22H33BO3/c1-7-19-18-13-12-16-10-8-9-11-17(16)22(18,14-15(2)24-19)23-25-20(3,4)21(5,6)26-23/h8-11,15,18-19H,7,12-14H2,1-6H3/t15-,18+,19+,22+/m1/s1. The van der Waals surface area contributed by atoms with Crippen LogP contribution < -0.4 is 0 Å². The van der Waals surface area contributed by atoms with Crippen LogP contribution in [0.3, 0.4) is 0 Å². The highest BCUT2D eigenvalue weighted by Crippen LogP contribution is 2.56. The van der Waals surface area contributed by atoms with E-state index in [1.54, 1.807) is 0 Å². The zero-order valence-electron chi connectivity index (χ0n) is 17.2. The Labute approximate surface area is 158 Å². The predicted octanol–water partition coefficient (Wildman–Crippen LogP) is 4.71. The molecule has 0 aromatic heterocycles. The number of aryl methyl sites for hydroxylation is 1. The molecule has 0 unspecified atom stereocenters. The number of hydrogen-bond donors (Lipinski definition) is 0. The van der Waals surface area contributed by atoms with E-state index in [0.717, 1.165) is 25.7 Å².